The van der Waals surface area contributed by atoms with Crippen LogP contribution >= 0.6 is 0 Å². The van der Waals surface area contributed by atoms with Crippen molar-refractivity contribution in [1.82, 2.24) is 10.2 Å². The van der Waals surface area contributed by atoms with Crippen molar-refractivity contribution in [2.75, 3.05) is 26.7 Å². The van der Waals surface area contributed by atoms with Gasteiger partial charge in [0.2, 0.25) is 0 Å². The van der Waals surface area contributed by atoms with E-state index in [1.54, 1.807) is 7.11 Å². The number of para-hydroxylation sites is 1. The standard InChI is InChI=1S/C17H28N2O/c1-4-17(5-2)14-19(12-8-11-18-17)13-15-9-6-7-10-16(15)20-3/h6-7,9-10,18H,4-5,8,11-14H2,1-3H3. The molecule has 0 spiro atoms. The zero-order valence-corrected chi connectivity index (χ0v) is 13.1. The molecule has 0 unspecified atom stereocenters. The molecule has 1 aromatic carbocycles. The van der Waals surface area contributed by atoms with Crippen molar-refractivity contribution < 1.29 is 4.74 Å². The number of hydrogen-bond donors (Lipinski definition) is 1. The van der Waals surface area contributed by atoms with Gasteiger partial charge in [-0.25, -0.2) is 0 Å². The second kappa shape index (κ2) is 7.09. The summed E-state index contributed by atoms with van der Waals surface area (Å²) in [5.74, 6) is 1.00. The molecule has 0 aromatic heterocycles. The maximum absolute atomic E-state index is 5.48. The first-order valence-electron chi connectivity index (χ1n) is 7.82. The van der Waals surface area contributed by atoms with Crippen molar-refractivity contribution in [3.63, 3.8) is 0 Å². The molecule has 20 heavy (non-hydrogen) atoms. The molecule has 1 fully saturated rings. The highest BCUT2D eigenvalue weighted by Gasteiger charge is 2.30. The highest BCUT2D eigenvalue weighted by Crippen LogP contribution is 2.24. The summed E-state index contributed by atoms with van der Waals surface area (Å²) in [4.78, 5) is 2.57. The number of nitrogens with one attached hydrogen (secondary N) is 1. The lowest BCUT2D eigenvalue weighted by molar-refractivity contribution is 0.189. The topological polar surface area (TPSA) is 24.5 Å². The first-order chi connectivity index (χ1) is 9.73. The van der Waals surface area contributed by atoms with Gasteiger partial charge < -0.3 is 10.1 Å². The summed E-state index contributed by atoms with van der Waals surface area (Å²) < 4.78 is 5.48. The number of nitrogens with zero attached hydrogens (tertiary/aromatic N) is 1. The zero-order valence-electron chi connectivity index (χ0n) is 13.1. The Morgan fingerprint density at radius 1 is 1.25 bits per heavy atom. The lowest BCUT2D eigenvalue weighted by Gasteiger charge is -2.35. The highest BCUT2D eigenvalue weighted by molar-refractivity contribution is 5.33. The SMILES string of the molecule is CCC1(CC)CN(Cc2ccccc2OC)CCCN1. The molecule has 1 aromatic rings. The lowest BCUT2D eigenvalue weighted by Crippen LogP contribution is -2.50. The molecule has 2 rings (SSSR count). The van der Waals surface area contributed by atoms with Crippen LogP contribution in [0.1, 0.15) is 38.7 Å². The minimum atomic E-state index is 0.276. The van der Waals surface area contributed by atoms with Crippen molar-refractivity contribution in [3.8, 4) is 5.75 Å². The van der Waals surface area contributed by atoms with Crippen LogP contribution in [-0.4, -0.2) is 37.2 Å². The minimum absolute atomic E-state index is 0.276. The Balaban J connectivity index is 2.11. The summed E-state index contributed by atoms with van der Waals surface area (Å²) in [7, 11) is 1.76. The van der Waals surface area contributed by atoms with Gasteiger partial charge in [-0.1, -0.05) is 32.0 Å². The third kappa shape index (κ3) is 3.53. The van der Waals surface area contributed by atoms with E-state index in [1.807, 2.05) is 6.07 Å². The van der Waals surface area contributed by atoms with Gasteiger partial charge in [-0.2, -0.15) is 0 Å². The molecule has 1 saturated heterocycles. The summed E-state index contributed by atoms with van der Waals surface area (Å²) in [6.45, 7) is 8.98. The smallest absolute Gasteiger partial charge is 0.123 e. The Morgan fingerprint density at radius 2 is 2.00 bits per heavy atom. The summed E-state index contributed by atoms with van der Waals surface area (Å²) in [6, 6.07) is 8.37. The number of methoxy groups -OCH3 is 1. The molecule has 112 valence electrons. The van der Waals surface area contributed by atoms with Gasteiger partial charge >= 0.3 is 0 Å². The molecule has 3 heteroatoms. The first-order valence-corrected chi connectivity index (χ1v) is 7.82. The lowest BCUT2D eigenvalue weighted by atomic mass is 9.92. The third-order valence-electron chi connectivity index (χ3n) is 4.62. The van der Waals surface area contributed by atoms with E-state index in [0.29, 0.717) is 0 Å². The van der Waals surface area contributed by atoms with E-state index >= 15 is 0 Å². The van der Waals surface area contributed by atoms with E-state index in [2.05, 4.69) is 42.3 Å². The molecule has 0 amide bonds. The largest absolute Gasteiger partial charge is 0.496 e. The van der Waals surface area contributed by atoms with Gasteiger partial charge in [0.25, 0.3) is 0 Å². The van der Waals surface area contributed by atoms with Gasteiger partial charge in [-0.15, -0.1) is 0 Å². The van der Waals surface area contributed by atoms with Gasteiger partial charge in [-0.3, -0.25) is 4.90 Å². The van der Waals surface area contributed by atoms with Crippen molar-refractivity contribution in [2.45, 2.75) is 45.2 Å². The van der Waals surface area contributed by atoms with Crippen LogP contribution in [-0.2, 0) is 6.54 Å². The van der Waals surface area contributed by atoms with E-state index in [1.165, 1.54) is 24.8 Å². The molecule has 1 N–H and O–H groups in total. The van der Waals surface area contributed by atoms with Gasteiger partial charge in [-0.05, 0) is 38.4 Å². The van der Waals surface area contributed by atoms with Crippen LogP contribution in [0, 0.1) is 0 Å². The van der Waals surface area contributed by atoms with Gasteiger partial charge in [0.15, 0.2) is 0 Å². The fourth-order valence-electron chi connectivity index (χ4n) is 3.15. The van der Waals surface area contributed by atoms with E-state index in [4.69, 9.17) is 4.74 Å². The Morgan fingerprint density at radius 3 is 2.70 bits per heavy atom. The average molecular weight is 276 g/mol. The van der Waals surface area contributed by atoms with Crippen LogP contribution < -0.4 is 10.1 Å². The van der Waals surface area contributed by atoms with Crippen LogP contribution in [0.25, 0.3) is 0 Å². The summed E-state index contributed by atoms with van der Waals surface area (Å²) in [6.07, 6.45) is 3.59. The maximum atomic E-state index is 5.48. The molecule has 3 nitrogen and oxygen atoms in total. The molecule has 1 aliphatic rings. The second-order valence-corrected chi connectivity index (χ2v) is 5.79. The predicted octanol–water partition coefficient (Wildman–Crippen LogP) is 3.05. The quantitative estimate of drug-likeness (QED) is 0.894. The monoisotopic (exact) mass is 276 g/mol. The van der Waals surface area contributed by atoms with Gasteiger partial charge in [0, 0.05) is 24.2 Å². The molecule has 0 radical (unpaired) electrons. The number of rotatable bonds is 5. The van der Waals surface area contributed by atoms with Crippen molar-refractivity contribution in [3.05, 3.63) is 29.8 Å². The molecule has 0 bridgehead atoms. The van der Waals surface area contributed by atoms with Crippen molar-refractivity contribution in [1.29, 1.82) is 0 Å². The molecule has 0 aliphatic carbocycles. The van der Waals surface area contributed by atoms with Crippen LogP contribution in [0.5, 0.6) is 5.75 Å². The van der Waals surface area contributed by atoms with Gasteiger partial charge in [0.1, 0.15) is 5.75 Å². The summed E-state index contributed by atoms with van der Waals surface area (Å²) in [5, 5.41) is 3.77. The molecule has 0 saturated carbocycles. The van der Waals surface area contributed by atoms with E-state index < -0.39 is 0 Å². The molecular weight excluding hydrogens is 248 g/mol. The summed E-state index contributed by atoms with van der Waals surface area (Å²) >= 11 is 0. The van der Waals surface area contributed by atoms with E-state index in [9.17, 15) is 0 Å². The third-order valence-corrected chi connectivity index (χ3v) is 4.62. The predicted molar refractivity (Wildman–Crippen MR) is 84.2 cm³/mol. The number of benzene rings is 1. The van der Waals surface area contributed by atoms with Crippen LogP contribution in [0.4, 0.5) is 0 Å². The Hall–Kier alpha value is -1.06. The van der Waals surface area contributed by atoms with E-state index in [0.717, 1.165) is 31.9 Å². The van der Waals surface area contributed by atoms with Crippen molar-refractivity contribution >= 4 is 0 Å². The summed E-state index contributed by atoms with van der Waals surface area (Å²) in [5.41, 5.74) is 1.57. The van der Waals surface area contributed by atoms with Crippen LogP contribution in [0.2, 0.25) is 0 Å². The maximum Gasteiger partial charge on any atom is 0.123 e. The molecule has 1 heterocycles. The highest BCUT2D eigenvalue weighted by atomic mass is 16.5. The normalized spacial score (nSPS) is 19.6. The fourth-order valence-corrected chi connectivity index (χ4v) is 3.15. The zero-order chi connectivity index (χ0) is 14.4. The molecular formula is C17H28N2O. The number of ether oxygens (including phenoxy) is 1. The van der Waals surface area contributed by atoms with E-state index in [-0.39, 0.29) is 5.54 Å². The first kappa shape index (κ1) is 15.3. The van der Waals surface area contributed by atoms with Crippen LogP contribution in [0.3, 0.4) is 0 Å². The second-order valence-electron chi connectivity index (χ2n) is 5.79. The molecule has 0 atom stereocenters. The minimum Gasteiger partial charge on any atom is -0.496 e. The molecule has 1 aliphatic heterocycles. The van der Waals surface area contributed by atoms with Gasteiger partial charge in [0.05, 0.1) is 7.11 Å². The number of hydrogen-bond acceptors (Lipinski definition) is 3. The van der Waals surface area contributed by atoms with Crippen molar-refractivity contribution in [2.24, 2.45) is 0 Å². The fraction of sp³-hybridized carbons (Fsp3) is 0.647. The Labute approximate surface area is 123 Å². The van der Waals surface area contributed by atoms with Crippen LogP contribution in [0.15, 0.2) is 24.3 Å². The average Bonchev–Trinajstić information content (AvgIpc) is 2.71. The Bertz CT molecular complexity index is 415. The Kier molecular flexibility index (Phi) is 5.44.